The van der Waals surface area contributed by atoms with Gasteiger partial charge in [-0.1, -0.05) is 26.0 Å². The third-order valence-corrected chi connectivity index (χ3v) is 3.98. The lowest BCUT2D eigenvalue weighted by molar-refractivity contribution is 0.476. The van der Waals surface area contributed by atoms with Crippen LogP contribution in [0.15, 0.2) is 36.4 Å². The summed E-state index contributed by atoms with van der Waals surface area (Å²) >= 11 is 0. The number of phenolic OH excluding ortho intramolecular Hbond substituents is 2. The molecule has 4 heteroatoms. The Balaban J connectivity index is 2.50. The predicted molar refractivity (Wildman–Crippen MR) is 87.4 cm³/mol. The van der Waals surface area contributed by atoms with Crippen LogP contribution in [-0.2, 0) is 5.41 Å². The van der Waals surface area contributed by atoms with Gasteiger partial charge in [0.25, 0.3) is 0 Å². The first-order chi connectivity index (χ1) is 9.90. The zero-order chi connectivity index (χ0) is 15.6. The Morgan fingerprint density at radius 3 is 1.48 bits per heavy atom. The average Bonchev–Trinajstić information content (AvgIpc) is 2.47. The number of anilines is 2. The minimum Gasteiger partial charge on any atom is -0.506 e. The molecule has 2 rings (SSSR count). The van der Waals surface area contributed by atoms with Gasteiger partial charge in [0, 0.05) is 19.5 Å². The minimum absolute atomic E-state index is 0.235. The lowest BCUT2D eigenvalue weighted by Gasteiger charge is -2.27. The summed E-state index contributed by atoms with van der Waals surface area (Å²) in [6, 6.07) is 11.1. The van der Waals surface area contributed by atoms with E-state index in [2.05, 4.69) is 24.5 Å². The molecule has 2 aromatic carbocycles. The van der Waals surface area contributed by atoms with Gasteiger partial charge in [0.1, 0.15) is 11.5 Å². The van der Waals surface area contributed by atoms with Gasteiger partial charge < -0.3 is 20.8 Å². The molecule has 0 saturated carbocycles. The van der Waals surface area contributed by atoms with Crippen LogP contribution in [-0.4, -0.2) is 24.3 Å². The van der Waals surface area contributed by atoms with Gasteiger partial charge in [0.2, 0.25) is 0 Å². The normalized spacial score (nSPS) is 11.2. The highest BCUT2D eigenvalue weighted by Gasteiger charge is 2.24. The van der Waals surface area contributed by atoms with Crippen LogP contribution in [0.3, 0.4) is 0 Å². The summed E-state index contributed by atoms with van der Waals surface area (Å²) in [4.78, 5) is 0. The smallest absolute Gasteiger partial charge is 0.138 e. The van der Waals surface area contributed by atoms with Crippen molar-refractivity contribution in [1.82, 2.24) is 0 Å². The largest absolute Gasteiger partial charge is 0.506 e. The van der Waals surface area contributed by atoms with Gasteiger partial charge in [-0.15, -0.1) is 0 Å². The Kier molecular flexibility index (Phi) is 3.98. The second-order valence-corrected chi connectivity index (χ2v) is 5.59. The van der Waals surface area contributed by atoms with E-state index < -0.39 is 0 Å². The number of benzene rings is 2. The molecular weight excluding hydrogens is 264 g/mol. The zero-order valence-corrected chi connectivity index (χ0v) is 12.9. The molecule has 0 aromatic heterocycles. The van der Waals surface area contributed by atoms with E-state index in [0.29, 0.717) is 11.4 Å². The van der Waals surface area contributed by atoms with Crippen LogP contribution in [0.25, 0.3) is 0 Å². The van der Waals surface area contributed by atoms with Gasteiger partial charge >= 0.3 is 0 Å². The van der Waals surface area contributed by atoms with E-state index in [9.17, 15) is 10.2 Å². The van der Waals surface area contributed by atoms with Crippen LogP contribution in [0.4, 0.5) is 11.4 Å². The highest BCUT2D eigenvalue weighted by Crippen LogP contribution is 2.38. The van der Waals surface area contributed by atoms with Gasteiger partial charge in [-0.2, -0.15) is 0 Å². The van der Waals surface area contributed by atoms with Crippen LogP contribution in [0.1, 0.15) is 25.0 Å². The number of hydrogen-bond donors (Lipinski definition) is 4. The fourth-order valence-corrected chi connectivity index (χ4v) is 2.42. The maximum Gasteiger partial charge on any atom is 0.138 e. The van der Waals surface area contributed by atoms with Crippen molar-refractivity contribution >= 4 is 11.4 Å². The van der Waals surface area contributed by atoms with Crippen LogP contribution in [0, 0.1) is 0 Å². The Hall–Kier alpha value is -2.36. The summed E-state index contributed by atoms with van der Waals surface area (Å²) in [5.74, 6) is 0.470. The van der Waals surface area contributed by atoms with E-state index in [-0.39, 0.29) is 16.9 Å². The first-order valence-corrected chi connectivity index (χ1v) is 6.92. The Morgan fingerprint density at radius 1 is 0.762 bits per heavy atom. The monoisotopic (exact) mass is 286 g/mol. The van der Waals surface area contributed by atoms with Crippen molar-refractivity contribution in [3.05, 3.63) is 47.5 Å². The van der Waals surface area contributed by atoms with Crippen molar-refractivity contribution in [2.45, 2.75) is 19.3 Å². The molecule has 4 N–H and O–H groups in total. The van der Waals surface area contributed by atoms with E-state index in [1.165, 1.54) is 0 Å². The van der Waals surface area contributed by atoms with Crippen molar-refractivity contribution in [2.24, 2.45) is 0 Å². The van der Waals surface area contributed by atoms with E-state index in [1.807, 2.05) is 24.3 Å². The van der Waals surface area contributed by atoms with Gasteiger partial charge in [-0.25, -0.2) is 0 Å². The summed E-state index contributed by atoms with van der Waals surface area (Å²) < 4.78 is 0. The molecule has 0 aliphatic rings. The SMILES string of the molecule is CNc1cc(C(C)(C)c2ccc(O)c(NC)c2)ccc1O. The molecule has 0 aliphatic carbocycles. The summed E-state index contributed by atoms with van der Waals surface area (Å²) in [7, 11) is 3.57. The van der Waals surface area contributed by atoms with Crippen molar-refractivity contribution in [3.8, 4) is 11.5 Å². The van der Waals surface area contributed by atoms with Crippen LogP contribution >= 0.6 is 0 Å². The predicted octanol–water partition coefficient (Wildman–Crippen LogP) is 3.51. The molecule has 2 aromatic rings. The van der Waals surface area contributed by atoms with E-state index in [1.54, 1.807) is 26.2 Å². The minimum atomic E-state index is -0.251. The molecule has 0 bridgehead atoms. The molecule has 112 valence electrons. The molecule has 0 heterocycles. The Labute approximate surface area is 125 Å². The van der Waals surface area contributed by atoms with E-state index in [0.717, 1.165) is 11.1 Å². The van der Waals surface area contributed by atoms with Gasteiger partial charge in [-0.05, 0) is 35.4 Å². The number of rotatable bonds is 4. The highest BCUT2D eigenvalue weighted by molar-refractivity contribution is 5.62. The highest BCUT2D eigenvalue weighted by atomic mass is 16.3. The van der Waals surface area contributed by atoms with Crippen LogP contribution < -0.4 is 10.6 Å². The molecule has 0 atom stereocenters. The molecule has 0 amide bonds. The molecular formula is C17H22N2O2. The molecule has 0 spiro atoms. The summed E-state index contributed by atoms with van der Waals surface area (Å²) in [5.41, 5.74) is 3.31. The number of aromatic hydroxyl groups is 2. The third-order valence-electron chi connectivity index (χ3n) is 3.98. The van der Waals surface area contributed by atoms with Crippen molar-refractivity contribution in [2.75, 3.05) is 24.7 Å². The van der Waals surface area contributed by atoms with Crippen LogP contribution in [0.2, 0.25) is 0 Å². The lowest BCUT2D eigenvalue weighted by Crippen LogP contribution is -2.19. The molecule has 21 heavy (non-hydrogen) atoms. The third kappa shape index (κ3) is 2.75. The van der Waals surface area contributed by atoms with Gasteiger partial charge in [0.05, 0.1) is 11.4 Å². The molecule has 0 aliphatic heterocycles. The average molecular weight is 286 g/mol. The van der Waals surface area contributed by atoms with Crippen molar-refractivity contribution in [1.29, 1.82) is 0 Å². The maximum absolute atomic E-state index is 9.78. The number of hydrogen-bond acceptors (Lipinski definition) is 4. The van der Waals surface area contributed by atoms with Gasteiger partial charge in [-0.3, -0.25) is 0 Å². The number of nitrogens with one attached hydrogen (secondary N) is 2. The Bertz CT molecular complexity index is 596. The lowest BCUT2D eigenvalue weighted by atomic mass is 9.77. The number of phenols is 2. The van der Waals surface area contributed by atoms with Gasteiger partial charge in [0.15, 0.2) is 0 Å². The zero-order valence-electron chi connectivity index (χ0n) is 12.9. The van der Waals surface area contributed by atoms with Crippen molar-refractivity contribution in [3.63, 3.8) is 0 Å². The molecule has 0 radical (unpaired) electrons. The summed E-state index contributed by atoms with van der Waals surface area (Å²) in [5, 5.41) is 25.5. The molecule has 4 nitrogen and oxygen atoms in total. The topological polar surface area (TPSA) is 64.5 Å². The van der Waals surface area contributed by atoms with E-state index in [4.69, 9.17) is 0 Å². The maximum atomic E-state index is 9.78. The molecule has 0 unspecified atom stereocenters. The molecule has 0 fully saturated rings. The summed E-state index contributed by atoms with van der Waals surface area (Å²) in [6.07, 6.45) is 0. The first-order valence-electron chi connectivity index (χ1n) is 6.92. The van der Waals surface area contributed by atoms with Crippen LogP contribution in [0.5, 0.6) is 11.5 Å². The summed E-state index contributed by atoms with van der Waals surface area (Å²) in [6.45, 7) is 4.23. The second kappa shape index (κ2) is 5.56. The second-order valence-electron chi connectivity index (χ2n) is 5.59. The fourth-order valence-electron chi connectivity index (χ4n) is 2.42. The van der Waals surface area contributed by atoms with Crippen molar-refractivity contribution < 1.29 is 10.2 Å². The first kappa shape index (κ1) is 15.0. The standard InChI is InChI=1S/C17H22N2O2/c1-17(2,11-5-7-15(20)13(9-11)18-3)12-6-8-16(21)14(10-12)19-4/h5-10,18-21H,1-4H3. The van der Waals surface area contributed by atoms with E-state index >= 15 is 0 Å². The Morgan fingerprint density at radius 2 is 1.14 bits per heavy atom. The molecule has 0 saturated heterocycles. The fraction of sp³-hybridized carbons (Fsp3) is 0.294. The quantitative estimate of drug-likeness (QED) is 0.650.